The lowest BCUT2D eigenvalue weighted by atomic mass is 9.98. The maximum Gasteiger partial charge on any atom is 0.107 e. The van der Waals surface area contributed by atoms with E-state index in [-0.39, 0.29) is 12.6 Å². The second-order valence-electron chi connectivity index (χ2n) is 5.05. The summed E-state index contributed by atoms with van der Waals surface area (Å²) >= 11 is 0. The molecule has 3 nitrogen and oxygen atoms in total. The van der Waals surface area contributed by atoms with Gasteiger partial charge in [0.05, 0.1) is 23.7 Å². The molecule has 2 aromatic carbocycles. The largest absolute Gasteiger partial charge is 0.392 e. The smallest absolute Gasteiger partial charge is 0.107 e. The van der Waals surface area contributed by atoms with Gasteiger partial charge in [0.25, 0.3) is 0 Å². The predicted molar refractivity (Wildman–Crippen MR) is 74.1 cm³/mol. The quantitative estimate of drug-likeness (QED) is 0.594. The predicted octanol–water partition coefficient (Wildman–Crippen LogP) is 2.79. The van der Waals surface area contributed by atoms with Crippen LogP contribution in [0.5, 0.6) is 0 Å². The fourth-order valence-electron chi connectivity index (χ4n) is 3.13. The van der Waals surface area contributed by atoms with E-state index in [0.29, 0.717) is 0 Å². The van der Waals surface area contributed by atoms with E-state index in [1.165, 1.54) is 16.6 Å². The molecule has 0 aliphatic carbocycles. The average molecular weight is 250 g/mol. The van der Waals surface area contributed by atoms with Crippen molar-refractivity contribution >= 4 is 11.0 Å². The van der Waals surface area contributed by atoms with Gasteiger partial charge in [-0.25, -0.2) is 4.98 Å². The van der Waals surface area contributed by atoms with Crippen LogP contribution in [0.3, 0.4) is 0 Å². The van der Waals surface area contributed by atoms with Gasteiger partial charge in [-0.2, -0.15) is 0 Å². The van der Waals surface area contributed by atoms with Crippen molar-refractivity contribution in [2.75, 3.05) is 0 Å². The molecule has 3 aromatic rings. The van der Waals surface area contributed by atoms with E-state index in [2.05, 4.69) is 39.9 Å². The summed E-state index contributed by atoms with van der Waals surface area (Å²) < 4.78 is 2.28. The molecule has 19 heavy (non-hydrogen) atoms. The summed E-state index contributed by atoms with van der Waals surface area (Å²) in [6.45, 7) is 2.13. The first-order chi connectivity index (χ1) is 9.29. The van der Waals surface area contributed by atoms with Crippen molar-refractivity contribution in [2.24, 2.45) is 0 Å². The molecule has 0 radical (unpaired) electrons. The Labute approximate surface area is 111 Å². The highest BCUT2D eigenvalue weighted by molar-refractivity contribution is 5.85. The number of aromatic nitrogens is 2. The summed E-state index contributed by atoms with van der Waals surface area (Å²) in [6.07, 6.45) is 0. The molecule has 1 unspecified atom stereocenters. The summed E-state index contributed by atoms with van der Waals surface area (Å²) in [5.74, 6) is 1.05. The van der Waals surface area contributed by atoms with Crippen molar-refractivity contribution < 1.29 is 5.11 Å². The Morgan fingerprint density at radius 1 is 1.21 bits per heavy atom. The number of hydrogen-bond donors (Lipinski definition) is 1. The Morgan fingerprint density at radius 3 is 2.84 bits per heavy atom. The van der Waals surface area contributed by atoms with Crippen molar-refractivity contribution in [1.29, 1.82) is 0 Å². The first-order valence-electron chi connectivity index (χ1n) is 6.47. The Morgan fingerprint density at radius 2 is 2.05 bits per heavy atom. The Hall–Kier alpha value is -2.13. The lowest BCUT2D eigenvalue weighted by Crippen LogP contribution is -2.12. The molecule has 0 fully saturated rings. The molecule has 0 spiro atoms. The van der Waals surface area contributed by atoms with Crippen LogP contribution < -0.4 is 0 Å². The minimum Gasteiger partial charge on any atom is -0.392 e. The van der Waals surface area contributed by atoms with E-state index < -0.39 is 0 Å². The topological polar surface area (TPSA) is 38.0 Å². The van der Waals surface area contributed by atoms with Gasteiger partial charge >= 0.3 is 0 Å². The van der Waals surface area contributed by atoms with Crippen LogP contribution in [0.2, 0.25) is 0 Å². The molecule has 4 bridgehead atoms. The zero-order valence-electron chi connectivity index (χ0n) is 10.7. The Balaban J connectivity index is 1.96. The normalized spacial score (nSPS) is 16.6. The van der Waals surface area contributed by atoms with Gasteiger partial charge in [-0.1, -0.05) is 36.4 Å². The highest BCUT2D eigenvalue weighted by Gasteiger charge is 2.30. The van der Waals surface area contributed by atoms with Crippen molar-refractivity contribution in [3.05, 3.63) is 65.0 Å². The Kier molecular flexibility index (Phi) is 2.09. The second kappa shape index (κ2) is 3.68. The molecule has 0 amide bonds. The standard InChI is InChI=1S/C16H14N2O/c1-10-17-15-13-6-3-7-14(15)18(10)16(13)12-5-2-4-11(8-12)9-19/h2-8,16,19H,9H2,1H3. The zero-order chi connectivity index (χ0) is 13.0. The number of nitrogens with zero attached hydrogens (tertiary/aromatic N) is 2. The molecule has 2 heterocycles. The molecule has 1 aromatic heterocycles. The summed E-state index contributed by atoms with van der Waals surface area (Å²) in [4.78, 5) is 4.61. The van der Waals surface area contributed by atoms with Crippen LogP contribution in [-0.2, 0) is 6.61 Å². The third-order valence-electron chi connectivity index (χ3n) is 3.93. The first-order valence-corrected chi connectivity index (χ1v) is 6.47. The van der Waals surface area contributed by atoms with Gasteiger partial charge in [0.1, 0.15) is 5.82 Å². The molecule has 3 heteroatoms. The van der Waals surface area contributed by atoms with Crippen LogP contribution in [0.25, 0.3) is 11.0 Å². The molecular weight excluding hydrogens is 236 g/mol. The van der Waals surface area contributed by atoms with E-state index >= 15 is 0 Å². The van der Waals surface area contributed by atoms with Crippen LogP contribution in [0, 0.1) is 6.92 Å². The van der Waals surface area contributed by atoms with Crippen LogP contribution in [0.4, 0.5) is 0 Å². The third kappa shape index (κ3) is 1.33. The van der Waals surface area contributed by atoms with E-state index in [4.69, 9.17) is 0 Å². The molecule has 0 saturated carbocycles. The molecular formula is C16H14N2O. The maximum absolute atomic E-state index is 9.30. The van der Waals surface area contributed by atoms with Gasteiger partial charge in [-0.05, 0) is 24.1 Å². The summed E-state index contributed by atoms with van der Waals surface area (Å²) in [6, 6.07) is 14.7. The number of rotatable bonds is 2. The SMILES string of the molecule is Cc1nc2c3cccc2n1C3c1cccc(CO)c1. The fourth-order valence-corrected chi connectivity index (χ4v) is 3.13. The Bertz CT molecular complexity index is 789. The van der Waals surface area contributed by atoms with E-state index in [1.807, 2.05) is 19.1 Å². The molecule has 0 saturated heterocycles. The van der Waals surface area contributed by atoms with Crippen LogP contribution >= 0.6 is 0 Å². The summed E-state index contributed by atoms with van der Waals surface area (Å²) in [7, 11) is 0. The molecule has 4 rings (SSSR count). The lowest BCUT2D eigenvalue weighted by molar-refractivity contribution is 0.281. The van der Waals surface area contributed by atoms with Gasteiger partial charge in [0.15, 0.2) is 0 Å². The monoisotopic (exact) mass is 250 g/mol. The summed E-state index contributed by atoms with van der Waals surface area (Å²) in [5.41, 5.74) is 5.74. The van der Waals surface area contributed by atoms with Crippen molar-refractivity contribution in [3.8, 4) is 0 Å². The highest BCUT2D eigenvalue weighted by Crippen LogP contribution is 2.41. The number of aliphatic hydroxyl groups excluding tert-OH is 1. The number of aliphatic hydroxyl groups is 1. The van der Waals surface area contributed by atoms with Crippen LogP contribution in [0.1, 0.15) is 28.6 Å². The van der Waals surface area contributed by atoms with Crippen molar-refractivity contribution in [3.63, 3.8) is 0 Å². The second-order valence-corrected chi connectivity index (χ2v) is 5.05. The summed E-state index contributed by atoms with van der Waals surface area (Å²) in [5, 5.41) is 9.30. The molecule has 1 aliphatic heterocycles. The minimum atomic E-state index is 0.0814. The minimum absolute atomic E-state index is 0.0814. The molecule has 1 atom stereocenters. The van der Waals surface area contributed by atoms with Crippen LogP contribution in [-0.4, -0.2) is 14.7 Å². The van der Waals surface area contributed by atoms with E-state index in [1.54, 1.807) is 0 Å². The number of benzene rings is 2. The molecule has 94 valence electrons. The van der Waals surface area contributed by atoms with Gasteiger partial charge < -0.3 is 9.67 Å². The van der Waals surface area contributed by atoms with E-state index in [0.717, 1.165) is 16.9 Å². The maximum atomic E-state index is 9.30. The van der Waals surface area contributed by atoms with Gasteiger partial charge in [-0.15, -0.1) is 0 Å². The lowest BCUT2D eigenvalue weighted by Gasteiger charge is -2.19. The van der Waals surface area contributed by atoms with Gasteiger partial charge in [0, 0.05) is 5.56 Å². The number of aryl methyl sites for hydroxylation is 1. The van der Waals surface area contributed by atoms with Gasteiger partial charge in [0.2, 0.25) is 0 Å². The highest BCUT2D eigenvalue weighted by atomic mass is 16.3. The van der Waals surface area contributed by atoms with Crippen LogP contribution in [0.15, 0.2) is 42.5 Å². The number of para-hydroxylation sites is 1. The molecule has 1 aliphatic rings. The van der Waals surface area contributed by atoms with Gasteiger partial charge in [-0.3, -0.25) is 0 Å². The third-order valence-corrected chi connectivity index (χ3v) is 3.93. The van der Waals surface area contributed by atoms with Crippen molar-refractivity contribution in [1.82, 2.24) is 9.55 Å². The zero-order valence-corrected chi connectivity index (χ0v) is 10.7. The average Bonchev–Trinajstić information content (AvgIpc) is 2.84. The fraction of sp³-hybridized carbons (Fsp3) is 0.188. The van der Waals surface area contributed by atoms with Crippen molar-refractivity contribution in [2.45, 2.75) is 19.6 Å². The first kappa shape index (κ1) is 10.8. The number of imidazole rings is 1. The number of hydrogen-bond acceptors (Lipinski definition) is 2. The van der Waals surface area contributed by atoms with E-state index in [9.17, 15) is 5.11 Å². The molecule has 1 N–H and O–H groups in total.